The van der Waals surface area contributed by atoms with Crippen molar-refractivity contribution in [2.75, 3.05) is 39.8 Å². The number of aromatic carboxylic acids is 1. The number of carboxylic acids is 1. The third-order valence-corrected chi connectivity index (χ3v) is 9.32. The van der Waals surface area contributed by atoms with Gasteiger partial charge in [0.15, 0.2) is 0 Å². The number of ether oxygens (including phenoxy) is 2. The molecule has 2 fully saturated rings. The summed E-state index contributed by atoms with van der Waals surface area (Å²) in [7, 11) is 1.78. The summed E-state index contributed by atoms with van der Waals surface area (Å²) in [5, 5.41) is 9.99. The van der Waals surface area contributed by atoms with Crippen LogP contribution in [0.15, 0.2) is 54.6 Å². The van der Waals surface area contributed by atoms with Crippen LogP contribution in [-0.4, -0.2) is 81.3 Å². The number of carbonyl (C=O) groups is 1. The molecule has 0 radical (unpaired) electrons. The Morgan fingerprint density at radius 2 is 1.76 bits per heavy atom. The summed E-state index contributed by atoms with van der Waals surface area (Å²) in [5.74, 6) is 0.402. The Hall–Kier alpha value is -3.57. The van der Waals surface area contributed by atoms with Crippen molar-refractivity contribution in [3.05, 3.63) is 88.1 Å². The maximum absolute atomic E-state index is 14.2. The van der Waals surface area contributed by atoms with Crippen LogP contribution in [0.2, 0.25) is 5.02 Å². The molecule has 45 heavy (non-hydrogen) atoms. The topological polar surface area (TPSA) is 93.0 Å². The molecular formula is C34H39ClFN5O4. The van der Waals surface area contributed by atoms with Crippen molar-refractivity contribution in [2.24, 2.45) is 0 Å². The molecule has 2 aliphatic rings. The van der Waals surface area contributed by atoms with Crippen LogP contribution in [-0.2, 0) is 24.4 Å². The summed E-state index contributed by atoms with van der Waals surface area (Å²) < 4.78 is 27.7. The molecule has 2 aliphatic heterocycles. The number of nitrogens with zero attached hydrogens (tertiary/aromatic N) is 5. The van der Waals surface area contributed by atoms with E-state index in [1.807, 2.05) is 18.2 Å². The number of piperidine rings is 2. The highest BCUT2D eigenvalue weighted by atomic mass is 35.5. The molecule has 9 nitrogen and oxygen atoms in total. The molecule has 0 unspecified atom stereocenters. The number of benzene rings is 2. The first-order valence-corrected chi connectivity index (χ1v) is 16.0. The van der Waals surface area contributed by atoms with Gasteiger partial charge in [0.2, 0.25) is 5.88 Å². The van der Waals surface area contributed by atoms with Crippen molar-refractivity contribution in [3.63, 3.8) is 0 Å². The van der Waals surface area contributed by atoms with Crippen molar-refractivity contribution in [2.45, 2.75) is 57.4 Å². The second-order valence-electron chi connectivity index (χ2n) is 11.9. The Bertz CT molecular complexity index is 1630. The standard InChI is InChI=1S/C34H39ClFN5O4/c1-44-27-11-15-39(16-12-27)17-18-41-31-19-24(34(42)43)6-8-30(31)37-32(41)21-40-13-9-23(10-14-40)29-3-2-4-33(38-29)45-22-25-5-7-26(35)20-28(25)36/h2-8,19-20,23,27H,9-18,21-22H2,1H3,(H,42,43). The number of halogens is 2. The highest BCUT2D eigenvalue weighted by Crippen LogP contribution is 2.30. The minimum atomic E-state index is -0.935. The van der Waals surface area contributed by atoms with E-state index in [4.69, 9.17) is 31.0 Å². The first kappa shape index (κ1) is 31.4. The molecule has 0 spiro atoms. The van der Waals surface area contributed by atoms with Gasteiger partial charge in [-0.05, 0) is 75.2 Å². The molecule has 4 heterocycles. The number of rotatable bonds is 11. The lowest BCUT2D eigenvalue weighted by molar-refractivity contribution is 0.0402. The zero-order valence-electron chi connectivity index (χ0n) is 25.5. The quantitative estimate of drug-likeness (QED) is 0.215. The van der Waals surface area contributed by atoms with Gasteiger partial charge in [-0.3, -0.25) is 4.90 Å². The average Bonchev–Trinajstić information content (AvgIpc) is 3.40. The number of fused-ring (bicyclic) bond motifs is 1. The van der Waals surface area contributed by atoms with E-state index in [0.717, 1.165) is 87.5 Å². The summed E-state index contributed by atoms with van der Waals surface area (Å²) in [4.78, 5) is 26.3. The largest absolute Gasteiger partial charge is 0.478 e. The fourth-order valence-electron chi connectivity index (χ4n) is 6.40. The zero-order chi connectivity index (χ0) is 31.3. The predicted octanol–water partition coefficient (Wildman–Crippen LogP) is 5.99. The maximum atomic E-state index is 14.2. The van der Waals surface area contributed by atoms with Crippen molar-refractivity contribution in [1.82, 2.24) is 24.3 Å². The smallest absolute Gasteiger partial charge is 0.335 e. The average molecular weight is 636 g/mol. The molecule has 0 atom stereocenters. The number of imidazole rings is 1. The van der Waals surface area contributed by atoms with Gasteiger partial charge in [-0.2, -0.15) is 0 Å². The minimum Gasteiger partial charge on any atom is -0.478 e. The number of hydrogen-bond donors (Lipinski definition) is 1. The molecule has 2 aromatic carbocycles. The van der Waals surface area contributed by atoms with E-state index in [2.05, 4.69) is 14.4 Å². The van der Waals surface area contributed by atoms with Crippen LogP contribution >= 0.6 is 11.6 Å². The fourth-order valence-corrected chi connectivity index (χ4v) is 6.56. The summed E-state index contributed by atoms with van der Waals surface area (Å²) in [6.07, 6.45) is 4.27. The van der Waals surface area contributed by atoms with Gasteiger partial charge in [0.05, 0.1) is 29.2 Å². The van der Waals surface area contributed by atoms with Crippen molar-refractivity contribution >= 4 is 28.6 Å². The lowest BCUT2D eigenvalue weighted by Crippen LogP contribution is -2.38. The second kappa shape index (κ2) is 14.2. The number of likely N-dealkylation sites (tertiary alicyclic amines) is 2. The molecule has 0 saturated carbocycles. The maximum Gasteiger partial charge on any atom is 0.335 e. The van der Waals surface area contributed by atoms with Gasteiger partial charge in [0, 0.05) is 61.6 Å². The van der Waals surface area contributed by atoms with Crippen molar-refractivity contribution in [3.8, 4) is 5.88 Å². The molecule has 1 N–H and O–H groups in total. The van der Waals surface area contributed by atoms with Crippen LogP contribution < -0.4 is 4.74 Å². The number of pyridine rings is 1. The van der Waals surface area contributed by atoms with Gasteiger partial charge in [0.1, 0.15) is 18.2 Å². The molecule has 0 aliphatic carbocycles. The molecular weight excluding hydrogens is 597 g/mol. The monoisotopic (exact) mass is 635 g/mol. The predicted molar refractivity (Wildman–Crippen MR) is 170 cm³/mol. The van der Waals surface area contributed by atoms with E-state index < -0.39 is 11.8 Å². The number of methoxy groups -OCH3 is 1. The zero-order valence-corrected chi connectivity index (χ0v) is 26.3. The van der Waals surface area contributed by atoms with Crippen LogP contribution in [0, 0.1) is 5.82 Å². The van der Waals surface area contributed by atoms with E-state index >= 15 is 0 Å². The van der Waals surface area contributed by atoms with Gasteiger partial charge >= 0.3 is 5.97 Å². The molecule has 238 valence electrons. The van der Waals surface area contributed by atoms with Gasteiger partial charge in [0.25, 0.3) is 0 Å². The Morgan fingerprint density at radius 3 is 2.49 bits per heavy atom. The van der Waals surface area contributed by atoms with Crippen LogP contribution in [0.4, 0.5) is 4.39 Å². The van der Waals surface area contributed by atoms with E-state index in [1.54, 1.807) is 37.4 Å². The third-order valence-electron chi connectivity index (χ3n) is 9.09. The Balaban J connectivity index is 1.10. The van der Waals surface area contributed by atoms with Crippen LogP contribution in [0.3, 0.4) is 0 Å². The number of carboxylic acid groups (broad SMARTS) is 1. The van der Waals surface area contributed by atoms with Crippen molar-refractivity contribution in [1.29, 1.82) is 0 Å². The van der Waals surface area contributed by atoms with E-state index in [9.17, 15) is 14.3 Å². The summed E-state index contributed by atoms with van der Waals surface area (Å²) in [6, 6.07) is 15.5. The normalized spacial score (nSPS) is 17.2. The summed E-state index contributed by atoms with van der Waals surface area (Å²) in [5.41, 5.74) is 3.37. The van der Waals surface area contributed by atoms with Crippen molar-refractivity contribution < 1.29 is 23.8 Å². The highest BCUT2D eigenvalue weighted by molar-refractivity contribution is 6.30. The fraction of sp³-hybridized carbons (Fsp3) is 0.441. The summed E-state index contributed by atoms with van der Waals surface area (Å²) in [6.45, 7) is 6.17. The molecule has 0 amide bonds. The second-order valence-corrected chi connectivity index (χ2v) is 12.4. The van der Waals surface area contributed by atoms with Crippen LogP contribution in [0.1, 0.15) is 59.0 Å². The number of aromatic nitrogens is 3. The first-order valence-electron chi connectivity index (χ1n) is 15.6. The lowest BCUT2D eigenvalue weighted by Gasteiger charge is -2.32. The van der Waals surface area contributed by atoms with Gasteiger partial charge in [-0.1, -0.05) is 23.7 Å². The Kier molecular flexibility index (Phi) is 9.94. The van der Waals surface area contributed by atoms with E-state index in [-0.39, 0.29) is 12.2 Å². The Morgan fingerprint density at radius 1 is 0.978 bits per heavy atom. The van der Waals surface area contributed by atoms with Gasteiger partial charge in [-0.25, -0.2) is 19.2 Å². The van der Waals surface area contributed by atoms with E-state index in [0.29, 0.717) is 35.0 Å². The van der Waals surface area contributed by atoms with Crippen LogP contribution in [0.25, 0.3) is 11.0 Å². The molecule has 2 saturated heterocycles. The number of hydrogen-bond acceptors (Lipinski definition) is 7. The Labute approximate surface area is 267 Å². The molecule has 11 heteroatoms. The van der Waals surface area contributed by atoms with Gasteiger partial charge in [-0.15, -0.1) is 0 Å². The van der Waals surface area contributed by atoms with E-state index in [1.165, 1.54) is 6.07 Å². The highest BCUT2D eigenvalue weighted by Gasteiger charge is 2.25. The van der Waals surface area contributed by atoms with Gasteiger partial charge < -0.3 is 24.0 Å². The SMILES string of the molecule is COC1CCN(CCn2c(CN3CCC(c4cccc(OCc5ccc(Cl)cc5F)n4)CC3)nc3ccc(C(=O)O)cc32)CC1. The minimum absolute atomic E-state index is 0.0816. The van der Waals surface area contributed by atoms with Crippen LogP contribution in [0.5, 0.6) is 5.88 Å². The molecule has 2 aromatic heterocycles. The third kappa shape index (κ3) is 7.64. The summed E-state index contributed by atoms with van der Waals surface area (Å²) >= 11 is 5.86. The lowest BCUT2D eigenvalue weighted by atomic mass is 9.93. The molecule has 0 bridgehead atoms. The first-order chi connectivity index (χ1) is 21.9. The molecule has 6 rings (SSSR count). The molecule has 4 aromatic rings.